The zero-order valence-corrected chi connectivity index (χ0v) is 14.6. The number of piperazine rings is 1. The number of para-hydroxylation sites is 1. The lowest BCUT2D eigenvalue weighted by atomic mass is 10.3. The van der Waals surface area contributed by atoms with Gasteiger partial charge in [-0.1, -0.05) is 23.5 Å². The maximum atomic E-state index is 4.78. The highest BCUT2D eigenvalue weighted by atomic mass is 32.1. The zero-order chi connectivity index (χ0) is 15.9. The largest absolute Gasteiger partial charge is 0.352 e. The van der Waals surface area contributed by atoms with Crippen molar-refractivity contribution < 1.29 is 0 Å². The van der Waals surface area contributed by atoms with Crippen LogP contribution in [0.1, 0.15) is 0 Å². The number of hydrogen-bond acceptors (Lipinski definition) is 7. The van der Waals surface area contributed by atoms with E-state index in [0.29, 0.717) is 0 Å². The smallest absolute Gasteiger partial charge is 0.186 e. The van der Waals surface area contributed by atoms with Gasteiger partial charge in [0, 0.05) is 26.2 Å². The minimum absolute atomic E-state index is 0.956. The summed E-state index contributed by atoms with van der Waals surface area (Å²) < 4.78 is 1.26. The van der Waals surface area contributed by atoms with Crippen molar-refractivity contribution in [1.29, 1.82) is 0 Å². The third-order valence-electron chi connectivity index (χ3n) is 4.37. The Bertz CT molecular complexity index is 967. The first-order valence-corrected chi connectivity index (χ1v) is 9.62. The predicted octanol–water partition coefficient (Wildman–Crippen LogP) is 3.63. The van der Waals surface area contributed by atoms with Gasteiger partial charge in [-0.2, -0.15) is 0 Å². The number of nitrogens with zero attached hydrogens (tertiary/aromatic N) is 5. The molecule has 4 heterocycles. The number of benzene rings is 1. The van der Waals surface area contributed by atoms with E-state index in [9.17, 15) is 0 Å². The number of aromatic nitrogens is 3. The molecule has 1 fully saturated rings. The lowest BCUT2D eigenvalue weighted by Crippen LogP contribution is -2.46. The number of thiophene rings is 1. The molecule has 1 aromatic carbocycles. The quantitative estimate of drug-likeness (QED) is 0.551. The van der Waals surface area contributed by atoms with Gasteiger partial charge in [-0.25, -0.2) is 15.0 Å². The van der Waals surface area contributed by atoms with Gasteiger partial charge in [0.25, 0.3) is 0 Å². The number of rotatable bonds is 2. The van der Waals surface area contributed by atoms with Crippen molar-refractivity contribution in [3.63, 3.8) is 0 Å². The van der Waals surface area contributed by atoms with Crippen molar-refractivity contribution in [2.24, 2.45) is 0 Å². The summed E-state index contributed by atoms with van der Waals surface area (Å²) >= 11 is 3.45. The molecule has 1 aliphatic heterocycles. The SMILES string of the molecule is c1ccc2sc(N3CCN(c4ncnc5sccc45)CC3)nc2c1. The fourth-order valence-electron chi connectivity index (χ4n) is 3.13. The van der Waals surface area contributed by atoms with Gasteiger partial charge in [-0.15, -0.1) is 11.3 Å². The van der Waals surface area contributed by atoms with Gasteiger partial charge in [0.2, 0.25) is 0 Å². The molecule has 0 unspecified atom stereocenters. The Morgan fingerprint density at radius 1 is 0.917 bits per heavy atom. The Balaban J connectivity index is 1.38. The van der Waals surface area contributed by atoms with E-state index in [-0.39, 0.29) is 0 Å². The van der Waals surface area contributed by atoms with E-state index >= 15 is 0 Å². The van der Waals surface area contributed by atoms with Crippen molar-refractivity contribution in [2.75, 3.05) is 36.0 Å². The Kier molecular flexibility index (Phi) is 3.34. The first kappa shape index (κ1) is 14.1. The van der Waals surface area contributed by atoms with Crippen LogP contribution in [0, 0.1) is 0 Å². The van der Waals surface area contributed by atoms with E-state index in [1.54, 1.807) is 29.0 Å². The molecule has 0 spiro atoms. The van der Waals surface area contributed by atoms with Crippen LogP contribution < -0.4 is 9.80 Å². The zero-order valence-electron chi connectivity index (χ0n) is 12.9. The van der Waals surface area contributed by atoms with E-state index < -0.39 is 0 Å². The molecule has 0 radical (unpaired) electrons. The maximum Gasteiger partial charge on any atom is 0.186 e. The summed E-state index contributed by atoms with van der Waals surface area (Å²) in [4.78, 5) is 19.5. The third kappa shape index (κ3) is 2.32. The Morgan fingerprint density at radius 3 is 2.62 bits per heavy atom. The standard InChI is InChI=1S/C17H15N5S2/c1-2-4-14-13(3-1)20-17(24-14)22-8-6-21(7-9-22)15-12-5-10-23-16(12)19-11-18-15/h1-5,10-11H,6-9H2. The summed E-state index contributed by atoms with van der Waals surface area (Å²) in [5, 5.41) is 4.37. The monoisotopic (exact) mass is 353 g/mol. The second kappa shape index (κ2) is 5.68. The summed E-state index contributed by atoms with van der Waals surface area (Å²) in [6.07, 6.45) is 1.67. The van der Waals surface area contributed by atoms with Crippen LogP contribution in [0.15, 0.2) is 42.0 Å². The predicted molar refractivity (Wildman–Crippen MR) is 101 cm³/mol. The highest BCUT2D eigenvalue weighted by Gasteiger charge is 2.22. The summed E-state index contributed by atoms with van der Waals surface area (Å²) in [5.41, 5.74) is 1.09. The van der Waals surface area contributed by atoms with Crippen LogP contribution in [0.25, 0.3) is 20.4 Å². The van der Waals surface area contributed by atoms with Crippen molar-refractivity contribution in [1.82, 2.24) is 15.0 Å². The minimum Gasteiger partial charge on any atom is -0.352 e. The van der Waals surface area contributed by atoms with Crippen LogP contribution >= 0.6 is 22.7 Å². The van der Waals surface area contributed by atoms with Crippen molar-refractivity contribution >= 4 is 54.1 Å². The van der Waals surface area contributed by atoms with E-state index in [0.717, 1.165) is 52.9 Å². The molecule has 0 saturated carbocycles. The Hall–Kier alpha value is -2.25. The van der Waals surface area contributed by atoms with Crippen LogP contribution in [0.4, 0.5) is 10.9 Å². The first-order chi connectivity index (χ1) is 11.9. The van der Waals surface area contributed by atoms with Gasteiger partial charge in [0.15, 0.2) is 5.13 Å². The molecule has 0 amide bonds. The Labute approximate surface area is 147 Å². The first-order valence-electron chi connectivity index (χ1n) is 7.92. The summed E-state index contributed by atoms with van der Waals surface area (Å²) in [5.74, 6) is 1.06. The van der Waals surface area contributed by atoms with Gasteiger partial charge >= 0.3 is 0 Å². The molecule has 0 N–H and O–H groups in total. The molecule has 7 heteroatoms. The molecule has 0 bridgehead atoms. The van der Waals surface area contributed by atoms with Gasteiger partial charge < -0.3 is 9.80 Å². The van der Waals surface area contributed by atoms with Crippen LogP contribution in [0.3, 0.4) is 0 Å². The molecule has 1 saturated heterocycles. The maximum absolute atomic E-state index is 4.78. The molecular formula is C17H15N5S2. The van der Waals surface area contributed by atoms with E-state index in [1.807, 2.05) is 6.07 Å². The van der Waals surface area contributed by atoms with Crippen LogP contribution in [0.2, 0.25) is 0 Å². The normalized spacial score (nSPS) is 15.5. The molecule has 4 aromatic rings. The fraction of sp³-hybridized carbons (Fsp3) is 0.235. The van der Waals surface area contributed by atoms with E-state index in [4.69, 9.17) is 4.98 Å². The number of hydrogen-bond donors (Lipinski definition) is 0. The summed E-state index contributed by atoms with van der Waals surface area (Å²) in [6.45, 7) is 3.85. The third-order valence-corrected chi connectivity index (χ3v) is 6.29. The second-order valence-corrected chi connectivity index (χ2v) is 7.68. The van der Waals surface area contributed by atoms with Crippen LogP contribution in [-0.4, -0.2) is 41.1 Å². The van der Waals surface area contributed by atoms with Crippen molar-refractivity contribution in [2.45, 2.75) is 0 Å². The highest BCUT2D eigenvalue weighted by molar-refractivity contribution is 7.22. The number of thiazole rings is 1. The number of fused-ring (bicyclic) bond motifs is 2. The molecule has 5 nitrogen and oxygen atoms in total. The minimum atomic E-state index is 0.956. The molecule has 1 aliphatic rings. The molecule has 24 heavy (non-hydrogen) atoms. The number of anilines is 2. The lowest BCUT2D eigenvalue weighted by molar-refractivity contribution is 0.648. The second-order valence-electron chi connectivity index (χ2n) is 5.77. The summed E-state index contributed by atoms with van der Waals surface area (Å²) in [6, 6.07) is 10.5. The molecule has 0 aliphatic carbocycles. The molecule has 0 atom stereocenters. The molecule has 3 aromatic heterocycles. The Morgan fingerprint density at radius 2 is 1.75 bits per heavy atom. The van der Waals surface area contributed by atoms with Gasteiger partial charge in [0.05, 0.1) is 15.6 Å². The summed E-state index contributed by atoms with van der Waals surface area (Å²) in [7, 11) is 0. The average molecular weight is 353 g/mol. The van der Waals surface area contributed by atoms with E-state index in [1.165, 1.54) is 4.70 Å². The van der Waals surface area contributed by atoms with Crippen LogP contribution in [0.5, 0.6) is 0 Å². The van der Waals surface area contributed by atoms with Crippen molar-refractivity contribution in [3.05, 3.63) is 42.0 Å². The molecular weight excluding hydrogens is 338 g/mol. The molecule has 5 rings (SSSR count). The average Bonchev–Trinajstić information content (AvgIpc) is 3.28. The fourth-order valence-corrected chi connectivity index (χ4v) is 4.88. The molecule has 120 valence electrons. The van der Waals surface area contributed by atoms with E-state index in [2.05, 4.69) is 49.4 Å². The van der Waals surface area contributed by atoms with Gasteiger partial charge in [-0.05, 0) is 23.6 Å². The topological polar surface area (TPSA) is 45.2 Å². The lowest BCUT2D eigenvalue weighted by Gasteiger charge is -2.35. The van der Waals surface area contributed by atoms with Crippen molar-refractivity contribution in [3.8, 4) is 0 Å². The van der Waals surface area contributed by atoms with Gasteiger partial charge in [0.1, 0.15) is 17.0 Å². The van der Waals surface area contributed by atoms with Crippen LogP contribution in [-0.2, 0) is 0 Å². The highest BCUT2D eigenvalue weighted by Crippen LogP contribution is 2.31. The van der Waals surface area contributed by atoms with Gasteiger partial charge in [-0.3, -0.25) is 0 Å².